The number of carbonyl (C=O) groups is 3. The number of hydrogen-bond donors (Lipinski definition) is 1. The average Bonchev–Trinajstić information content (AvgIpc) is 2.71. The number of amides is 1. The van der Waals surface area contributed by atoms with Gasteiger partial charge in [0.05, 0.1) is 24.0 Å². The maximum atomic E-state index is 13.4. The summed E-state index contributed by atoms with van der Waals surface area (Å²) in [5.41, 5.74) is 9.28. The van der Waals surface area contributed by atoms with Gasteiger partial charge in [0.1, 0.15) is 6.61 Å². The lowest BCUT2D eigenvalue weighted by Crippen LogP contribution is -2.67. The van der Waals surface area contributed by atoms with E-state index in [1.54, 1.807) is 30.3 Å². The fourth-order valence-electron chi connectivity index (χ4n) is 3.65. The van der Waals surface area contributed by atoms with E-state index in [9.17, 15) is 19.9 Å². The maximum absolute atomic E-state index is 13.4. The van der Waals surface area contributed by atoms with Gasteiger partial charge in [-0.2, -0.15) is 4.79 Å². The van der Waals surface area contributed by atoms with Crippen LogP contribution >= 0.6 is 0 Å². The minimum Gasteiger partial charge on any atom is -0.453 e. The van der Waals surface area contributed by atoms with Gasteiger partial charge in [0.15, 0.2) is 8.32 Å². The Kier molecular flexibility index (Phi) is 8.29. The molecule has 0 spiro atoms. The zero-order valence-corrected chi connectivity index (χ0v) is 21.1. The molecule has 1 fully saturated rings. The van der Waals surface area contributed by atoms with Crippen molar-refractivity contribution in [3.63, 3.8) is 0 Å². The van der Waals surface area contributed by atoms with E-state index in [1.165, 1.54) is 6.08 Å². The summed E-state index contributed by atoms with van der Waals surface area (Å²) in [6, 6.07) is 8.13. The Morgan fingerprint density at radius 1 is 1.27 bits per heavy atom. The third-order valence-electron chi connectivity index (χ3n) is 6.45. The van der Waals surface area contributed by atoms with Crippen molar-refractivity contribution in [2.75, 3.05) is 6.61 Å². The normalized spacial score (nSPS) is 19.9. The summed E-state index contributed by atoms with van der Waals surface area (Å²) in [5.74, 6) is -3.60. The quantitative estimate of drug-likeness (QED) is 0.0821. The third kappa shape index (κ3) is 5.74. The van der Waals surface area contributed by atoms with Gasteiger partial charge in [-0.1, -0.05) is 63.8 Å². The molecule has 2 rings (SSSR count). The van der Waals surface area contributed by atoms with Crippen molar-refractivity contribution in [2.24, 2.45) is 5.92 Å². The van der Waals surface area contributed by atoms with Crippen molar-refractivity contribution in [3.05, 3.63) is 54.1 Å². The lowest BCUT2D eigenvalue weighted by atomic mass is 9.73. The second-order valence-corrected chi connectivity index (χ2v) is 14.5. The minimum atomic E-state index is -2.19. The van der Waals surface area contributed by atoms with Gasteiger partial charge in [-0.05, 0) is 30.6 Å². The van der Waals surface area contributed by atoms with Gasteiger partial charge in [-0.25, -0.2) is 4.79 Å². The predicted molar refractivity (Wildman–Crippen MR) is 127 cm³/mol. The molecule has 1 N–H and O–H groups in total. The molecule has 4 atom stereocenters. The van der Waals surface area contributed by atoms with Crippen LogP contribution in [0.1, 0.15) is 39.2 Å². The molecule has 0 saturated carbocycles. The zero-order chi connectivity index (χ0) is 25.0. The number of β-lactam (4-membered cyclic amide) rings is 1. The fraction of sp³-hybridized carbons (Fsp3) is 0.500. The van der Waals surface area contributed by atoms with Crippen LogP contribution in [0, 0.1) is 5.92 Å². The van der Waals surface area contributed by atoms with Crippen LogP contribution < -0.4 is 5.32 Å². The lowest BCUT2D eigenvalue weighted by molar-refractivity contribution is -0.143. The Hall–Kier alpha value is -2.87. The van der Waals surface area contributed by atoms with Gasteiger partial charge in [0, 0.05) is 0 Å². The number of hydrogen-bond acceptors (Lipinski definition) is 5. The highest BCUT2D eigenvalue weighted by Gasteiger charge is 2.54. The van der Waals surface area contributed by atoms with E-state index in [0.29, 0.717) is 5.56 Å². The van der Waals surface area contributed by atoms with Crippen LogP contribution in [0.5, 0.6) is 0 Å². The molecule has 8 nitrogen and oxygen atoms in total. The molecule has 1 aliphatic heterocycles. The van der Waals surface area contributed by atoms with Crippen LogP contribution in [0.15, 0.2) is 43.0 Å². The molecule has 9 heteroatoms. The summed E-state index contributed by atoms with van der Waals surface area (Å²) in [6.07, 6.45) is 0.888. The van der Waals surface area contributed by atoms with Crippen molar-refractivity contribution in [1.82, 2.24) is 5.32 Å². The van der Waals surface area contributed by atoms with E-state index in [0.717, 1.165) is 0 Å². The molecule has 1 saturated heterocycles. The standard InChI is InChI=1S/C24H33N3O5Si/c1-8-14-31-23(30)20(27-25)21(28)18(16-12-10-9-11-13-16)19-17(22(29)26-19)15(2)32-33(6,7)24(3,4)5/h8-13,15,17-19H,1,14H2,2-7H3,(H,26,29)/t15-,17-,18+,19+/m1/s1. The molecular formula is C24H33N3O5Si. The van der Waals surface area contributed by atoms with Gasteiger partial charge >= 0.3 is 11.7 Å². The molecule has 178 valence electrons. The van der Waals surface area contributed by atoms with Crippen molar-refractivity contribution >= 4 is 31.7 Å². The Labute approximate surface area is 196 Å². The highest BCUT2D eigenvalue weighted by atomic mass is 28.4. The second-order valence-electron chi connectivity index (χ2n) is 9.73. The van der Waals surface area contributed by atoms with Gasteiger partial charge in [0.25, 0.3) is 5.78 Å². The minimum absolute atomic E-state index is 0.0583. The van der Waals surface area contributed by atoms with Crippen LogP contribution in [0.3, 0.4) is 0 Å². The summed E-state index contributed by atoms with van der Waals surface area (Å²) in [7, 11) is -2.19. The smallest absolute Gasteiger partial charge is 0.442 e. The summed E-state index contributed by atoms with van der Waals surface area (Å²) in [6.45, 7) is 15.7. The first-order valence-corrected chi connectivity index (χ1v) is 13.8. The zero-order valence-electron chi connectivity index (χ0n) is 20.1. The second kappa shape index (κ2) is 10.4. The number of rotatable bonds is 10. The summed E-state index contributed by atoms with van der Waals surface area (Å²) in [5, 5.41) is 2.75. The first-order valence-electron chi connectivity index (χ1n) is 10.9. The molecule has 1 aliphatic rings. The monoisotopic (exact) mass is 471 g/mol. The van der Waals surface area contributed by atoms with E-state index < -0.39 is 49.8 Å². The molecule has 1 amide bonds. The van der Waals surface area contributed by atoms with Crippen LogP contribution in [-0.4, -0.2) is 55.2 Å². The van der Waals surface area contributed by atoms with E-state index in [2.05, 4.69) is 50.6 Å². The molecule has 1 aromatic carbocycles. The highest BCUT2D eigenvalue weighted by molar-refractivity contribution is 6.74. The molecule has 33 heavy (non-hydrogen) atoms. The third-order valence-corrected chi connectivity index (χ3v) is 11.0. The Bertz CT molecular complexity index is 964. The maximum Gasteiger partial charge on any atom is 0.442 e. The molecular weight excluding hydrogens is 438 g/mol. The van der Waals surface area contributed by atoms with Gasteiger partial charge in [0.2, 0.25) is 5.91 Å². The van der Waals surface area contributed by atoms with Crippen molar-refractivity contribution in [3.8, 4) is 0 Å². The van der Waals surface area contributed by atoms with Gasteiger partial charge in [-0.15, -0.1) is 0 Å². The number of carbonyl (C=O) groups excluding carboxylic acids is 3. The predicted octanol–water partition coefficient (Wildman–Crippen LogP) is 3.26. The van der Waals surface area contributed by atoms with Crippen LogP contribution in [0.4, 0.5) is 0 Å². The first kappa shape index (κ1) is 26.4. The van der Waals surface area contributed by atoms with E-state index in [-0.39, 0.29) is 17.6 Å². The van der Waals surface area contributed by atoms with Crippen molar-refractivity contribution < 1.29 is 28.3 Å². The van der Waals surface area contributed by atoms with Crippen molar-refractivity contribution in [2.45, 2.75) is 63.9 Å². The van der Waals surface area contributed by atoms with Gasteiger partial charge < -0.3 is 20.0 Å². The first-order chi connectivity index (χ1) is 15.4. The number of ketones is 1. The van der Waals surface area contributed by atoms with E-state index >= 15 is 0 Å². The van der Waals surface area contributed by atoms with E-state index in [1.807, 2.05) is 6.92 Å². The number of Topliss-reactive ketones (excluding diaryl/α,β-unsaturated/α-hetero) is 1. The molecule has 0 bridgehead atoms. The Morgan fingerprint density at radius 2 is 1.88 bits per heavy atom. The summed E-state index contributed by atoms with van der Waals surface area (Å²) < 4.78 is 11.4. The van der Waals surface area contributed by atoms with Gasteiger partial charge in [-0.3, -0.25) is 9.59 Å². The SMILES string of the molecule is C=CCOC(=O)C(=[N+]=[N-])C(=O)[C@@H](c1ccccc1)[C@H]1NC(=O)[C@@H]1[C@@H](C)O[Si](C)(C)C(C)(C)C. The topological polar surface area (TPSA) is 118 Å². The average molecular weight is 472 g/mol. The number of nitrogens with one attached hydrogen (secondary N) is 1. The molecule has 1 aromatic rings. The fourth-order valence-corrected chi connectivity index (χ4v) is 5.08. The molecule has 0 aromatic heterocycles. The molecule has 0 unspecified atom stereocenters. The Balaban J connectivity index is 2.41. The number of esters is 1. The highest BCUT2D eigenvalue weighted by Crippen LogP contribution is 2.40. The molecule has 0 aliphatic carbocycles. The molecule has 0 radical (unpaired) electrons. The van der Waals surface area contributed by atoms with Crippen LogP contribution in [0.25, 0.3) is 5.53 Å². The lowest BCUT2D eigenvalue weighted by Gasteiger charge is -2.47. The van der Waals surface area contributed by atoms with E-state index in [4.69, 9.17) is 9.16 Å². The van der Waals surface area contributed by atoms with Crippen LogP contribution in [-0.2, 0) is 23.5 Å². The summed E-state index contributed by atoms with van der Waals surface area (Å²) in [4.78, 5) is 41.3. The van der Waals surface area contributed by atoms with Crippen LogP contribution in [0.2, 0.25) is 18.1 Å². The summed E-state index contributed by atoms with van der Waals surface area (Å²) >= 11 is 0. The number of benzene rings is 1. The Morgan fingerprint density at radius 3 is 2.36 bits per heavy atom. The molecule has 1 heterocycles. The number of ether oxygens (including phenoxy) is 1. The van der Waals surface area contributed by atoms with Crippen molar-refractivity contribution in [1.29, 1.82) is 0 Å². The number of nitrogens with zero attached hydrogens (tertiary/aromatic N) is 2. The largest absolute Gasteiger partial charge is 0.453 e.